The van der Waals surface area contributed by atoms with Gasteiger partial charge in [-0.05, 0) is 53.9 Å². The minimum atomic E-state index is 0.254. The fourth-order valence-corrected chi connectivity index (χ4v) is 6.19. The summed E-state index contributed by atoms with van der Waals surface area (Å²) in [6.07, 6.45) is 4.74. The number of ketones is 1. The molecule has 112 valence electrons. The van der Waals surface area contributed by atoms with Crippen LogP contribution in [-0.4, -0.2) is 5.78 Å². The van der Waals surface area contributed by atoms with Gasteiger partial charge in [-0.2, -0.15) is 0 Å². The minimum Gasteiger partial charge on any atom is -0.299 e. The van der Waals surface area contributed by atoms with Crippen LogP contribution in [0, 0.1) is 34.5 Å². The molecule has 4 aliphatic carbocycles. The lowest BCUT2D eigenvalue weighted by Gasteiger charge is -2.65. The predicted molar refractivity (Wildman–Crippen MR) is 84.9 cm³/mol. The monoisotopic (exact) mass is 282 g/mol. The summed E-state index contributed by atoms with van der Waals surface area (Å²) in [4.78, 5) is 13.1. The van der Waals surface area contributed by atoms with E-state index in [4.69, 9.17) is 0 Å². The summed E-state index contributed by atoms with van der Waals surface area (Å²) in [6, 6.07) is 10.7. The Morgan fingerprint density at radius 1 is 1.14 bits per heavy atom. The molecule has 0 aromatic heterocycles. The molecule has 1 nitrogen and oxygen atoms in total. The third-order valence-electron chi connectivity index (χ3n) is 7.29. The molecule has 0 radical (unpaired) electrons. The third kappa shape index (κ3) is 1.67. The van der Waals surface area contributed by atoms with Gasteiger partial charge in [-0.25, -0.2) is 0 Å². The van der Waals surface area contributed by atoms with Crippen LogP contribution in [0.15, 0.2) is 30.3 Å². The molecule has 5 rings (SSSR count). The highest BCUT2D eigenvalue weighted by Gasteiger charge is 2.69. The van der Waals surface area contributed by atoms with E-state index >= 15 is 0 Å². The van der Waals surface area contributed by atoms with Crippen LogP contribution in [0.2, 0.25) is 0 Å². The van der Waals surface area contributed by atoms with Gasteiger partial charge in [0.2, 0.25) is 0 Å². The molecule has 4 fully saturated rings. The molecular formula is C20H26O. The van der Waals surface area contributed by atoms with Crippen molar-refractivity contribution in [1.29, 1.82) is 0 Å². The van der Waals surface area contributed by atoms with Crippen molar-refractivity contribution in [2.45, 2.75) is 46.5 Å². The van der Waals surface area contributed by atoms with Crippen LogP contribution in [0.25, 0.3) is 0 Å². The topological polar surface area (TPSA) is 17.1 Å². The zero-order chi connectivity index (χ0) is 14.8. The van der Waals surface area contributed by atoms with Crippen molar-refractivity contribution in [3.63, 3.8) is 0 Å². The molecule has 0 spiro atoms. The van der Waals surface area contributed by atoms with Crippen LogP contribution in [0.5, 0.6) is 0 Å². The number of benzene rings is 1. The Balaban J connectivity index is 1.63. The Hall–Kier alpha value is -1.11. The van der Waals surface area contributed by atoms with E-state index in [-0.39, 0.29) is 10.8 Å². The zero-order valence-electron chi connectivity index (χ0n) is 13.4. The summed E-state index contributed by atoms with van der Waals surface area (Å²) in [6.45, 7) is 7.08. The molecule has 0 saturated heterocycles. The molecule has 4 aliphatic rings. The lowest BCUT2D eigenvalue weighted by atomic mass is 9.38. The molecule has 0 aliphatic heterocycles. The van der Waals surface area contributed by atoms with Crippen molar-refractivity contribution in [2.24, 2.45) is 34.5 Å². The molecule has 1 aromatic rings. The molecule has 0 amide bonds. The summed E-state index contributed by atoms with van der Waals surface area (Å²) < 4.78 is 0. The molecule has 4 saturated carbocycles. The van der Waals surface area contributed by atoms with Crippen LogP contribution in [-0.2, 0) is 11.2 Å². The highest BCUT2D eigenvalue weighted by molar-refractivity contribution is 5.88. The van der Waals surface area contributed by atoms with E-state index < -0.39 is 0 Å². The lowest BCUT2D eigenvalue weighted by Crippen LogP contribution is -2.64. The van der Waals surface area contributed by atoms with Crippen molar-refractivity contribution in [3.8, 4) is 0 Å². The van der Waals surface area contributed by atoms with Crippen molar-refractivity contribution in [1.82, 2.24) is 0 Å². The lowest BCUT2D eigenvalue weighted by molar-refractivity contribution is -0.187. The molecule has 1 aromatic carbocycles. The van der Waals surface area contributed by atoms with Crippen LogP contribution >= 0.6 is 0 Å². The first-order chi connectivity index (χ1) is 9.94. The molecule has 5 atom stereocenters. The highest BCUT2D eigenvalue weighted by Crippen LogP contribution is 2.71. The van der Waals surface area contributed by atoms with Crippen LogP contribution in [0.3, 0.4) is 0 Å². The van der Waals surface area contributed by atoms with E-state index in [0.717, 1.165) is 18.8 Å². The van der Waals surface area contributed by atoms with Gasteiger partial charge in [0, 0.05) is 11.8 Å². The zero-order valence-corrected chi connectivity index (χ0v) is 13.4. The van der Waals surface area contributed by atoms with Crippen molar-refractivity contribution in [2.75, 3.05) is 0 Å². The van der Waals surface area contributed by atoms with E-state index in [1.807, 2.05) is 0 Å². The molecule has 2 unspecified atom stereocenters. The first kappa shape index (κ1) is 13.5. The average molecular weight is 282 g/mol. The number of carbonyl (C=O) groups excluding carboxylic acids is 1. The van der Waals surface area contributed by atoms with Crippen molar-refractivity contribution >= 4 is 5.78 Å². The Bertz CT molecular complexity index is 573. The Kier molecular flexibility index (Phi) is 2.72. The second-order valence-electron chi connectivity index (χ2n) is 8.54. The van der Waals surface area contributed by atoms with Gasteiger partial charge in [-0.1, -0.05) is 51.1 Å². The van der Waals surface area contributed by atoms with Gasteiger partial charge in [-0.15, -0.1) is 0 Å². The first-order valence-electron chi connectivity index (χ1n) is 8.52. The first-order valence-corrected chi connectivity index (χ1v) is 8.52. The normalized spacial score (nSPS) is 43.3. The van der Waals surface area contributed by atoms with Gasteiger partial charge in [0.15, 0.2) is 0 Å². The van der Waals surface area contributed by atoms with Gasteiger partial charge in [0.25, 0.3) is 0 Å². The fraction of sp³-hybridized carbons (Fsp3) is 0.650. The Labute approximate surface area is 128 Å². The molecular weight excluding hydrogens is 256 g/mol. The van der Waals surface area contributed by atoms with E-state index in [9.17, 15) is 4.79 Å². The van der Waals surface area contributed by atoms with E-state index in [1.165, 1.54) is 18.4 Å². The van der Waals surface area contributed by atoms with E-state index in [1.54, 1.807) is 0 Å². The number of hydrogen-bond acceptors (Lipinski definition) is 1. The Morgan fingerprint density at radius 2 is 1.86 bits per heavy atom. The Morgan fingerprint density at radius 3 is 2.52 bits per heavy atom. The van der Waals surface area contributed by atoms with Crippen molar-refractivity contribution < 1.29 is 4.79 Å². The summed E-state index contributed by atoms with van der Waals surface area (Å²) in [5.74, 6) is 2.61. The maximum Gasteiger partial charge on any atom is 0.140 e. The molecule has 0 heterocycles. The highest BCUT2D eigenvalue weighted by atomic mass is 16.1. The van der Waals surface area contributed by atoms with Gasteiger partial charge in [-0.3, -0.25) is 4.79 Å². The fourth-order valence-electron chi connectivity index (χ4n) is 6.19. The summed E-state index contributed by atoms with van der Waals surface area (Å²) in [7, 11) is 0. The van der Waals surface area contributed by atoms with Crippen molar-refractivity contribution in [3.05, 3.63) is 35.9 Å². The van der Waals surface area contributed by atoms with E-state index in [2.05, 4.69) is 51.1 Å². The summed E-state index contributed by atoms with van der Waals surface area (Å²) in [5.41, 5.74) is 1.93. The summed E-state index contributed by atoms with van der Waals surface area (Å²) >= 11 is 0. The maximum absolute atomic E-state index is 13.1. The van der Waals surface area contributed by atoms with Crippen LogP contribution in [0.4, 0.5) is 0 Å². The molecule has 2 bridgehead atoms. The predicted octanol–water partition coefficient (Wildman–Crippen LogP) is 4.51. The quantitative estimate of drug-likeness (QED) is 0.780. The van der Waals surface area contributed by atoms with E-state index in [0.29, 0.717) is 23.5 Å². The van der Waals surface area contributed by atoms with Crippen LogP contribution < -0.4 is 0 Å². The smallest absolute Gasteiger partial charge is 0.140 e. The van der Waals surface area contributed by atoms with Crippen LogP contribution in [0.1, 0.15) is 45.6 Å². The average Bonchev–Trinajstić information content (AvgIpc) is 2.77. The number of Topliss-reactive ketones (excluding diaryl/α,β-unsaturated/α-hetero) is 1. The van der Waals surface area contributed by atoms with Gasteiger partial charge in [0.05, 0.1) is 0 Å². The molecule has 21 heavy (non-hydrogen) atoms. The number of rotatable bonds is 2. The third-order valence-corrected chi connectivity index (χ3v) is 7.29. The number of carbonyl (C=O) groups is 1. The molecule has 1 heteroatoms. The SMILES string of the molecule is CC1(C)C2CC1[C@@]1(C)CC[C@H](Cc3ccccc3)[C@H]1C2=O. The summed E-state index contributed by atoms with van der Waals surface area (Å²) in [5, 5.41) is 0. The second-order valence-corrected chi connectivity index (χ2v) is 8.54. The maximum atomic E-state index is 13.1. The largest absolute Gasteiger partial charge is 0.299 e. The van der Waals surface area contributed by atoms with Gasteiger partial charge >= 0.3 is 0 Å². The minimum absolute atomic E-state index is 0.254. The van der Waals surface area contributed by atoms with Gasteiger partial charge < -0.3 is 0 Å². The standard InChI is InChI=1S/C20H26O/c1-19(2)15-12-16(19)20(3)10-9-14(17(20)18(15)21)11-13-7-5-4-6-8-13/h4-8,14-17H,9-12H2,1-3H3/t14-,15?,16?,17+,20-/m1/s1. The molecule has 0 N–H and O–H groups in total. The van der Waals surface area contributed by atoms with Gasteiger partial charge in [0.1, 0.15) is 5.78 Å². The second kappa shape index (κ2) is 4.21. The number of hydrogen-bond donors (Lipinski definition) is 0.